The Labute approximate surface area is 206 Å². The Kier molecular flexibility index (Phi) is 6.13. The number of aryl methyl sites for hydroxylation is 1. The van der Waals surface area contributed by atoms with E-state index in [4.69, 9.17) is 4.74 Å². The van der Waals surface area contributed by atoms with Gasteiger partial charge in [-0.2, -0.15) is 0 Å². The number of aromatic nitrogens is 2. The van der Waals surface area contributed by atoms with Gasteiger partial charge in [-0.1, -0.05) is 24.3 Å². The van der Waals surface area contributed by atoms with Crippen molar-refractivity contribution in [2.24, 2.45) is 0 Å². The van der Waals surface area contributed by atoms with Gasteiger partial charge in [0.25, 0.3) is 5.91 Å². The molecule has 1 amide bonds. The predicted octanol–water partition coefficient (Wildman–Crippen LogP) is 3.86. The molecule has 180 valence electrons. The van der Waals surface area contributed by atoms with Crippen LogP contribution in [0.4, 0.5) is 0 Å². The lowest BCUT2D eigenvalue weighted by Crippen LogP contribution is -2.47. The first-order valence-electron chi connectivity index (χ1n) is 11.9. The Bertz CT molecular complexity index is 1340. The van der Waals surface area contributed by atoms with Gasteiger partial charge in [0.2, 0.25) is 0 Å². The van der Waals surface area contributed by atoms with E-state index >= 15 is 0 Å². The van der Waals surface area contributed by atoms with Gasteiger partial charge in [0, 0.05) is 56.0 Å². The van der Waals surface area contributed by atoms with Crippen molar-refractivity contribution in [3.05, 3.63) is 77.8 Å². The first-order chi connectivity index (χ1) is 16.9. The number of hydrogen-bond acceptors (Lipinski definition) is 6. The summed E-state index contributed by atoms with van der Waals surface area (Å²) in [4.78, 5) is 26.7. The highest BCUT2D eigenvalue weighted by atomic mass is 16.5. The van der Waals surface area contributed by atoms with Crippen LogP contribution in [-0.4, -0.2) is 71.7 Å². The lowest BCUT2D eigenvalue weighted by Gasteiger charge is -2.32. The number of likely N-dealkylation sites (N-methyl/N-ethyl adjacent to an activating group) is 1. The van der Waals surface area contributed by atoms with E-state index in [2.05, 4.69) is 45.4 Å². The molecule has 1 atom stereocenters. The molecule has 0 radical (unpaired) electrons. The van der Waals surface area contributed by atoms with Crippen LogP contribution in [0.5, 0.6) is 0 Å². The molecule has 3 heterocycles. The fourth-order valence-corrected chi connectivity index (χ4v) is 4.52. The maximum absolute atomic E-state index is 13.4. The zero-order valence-electron chi connectivity index (χ0n) is 20.7. The van der Waals surface area contributed by atoms with Gasteiger partial charge in [0.1, 0.15) is 6.33 Å². The van der Waals surface area contributed by atoms with E-state index in [9.17, 15) is 4.79 Å². The fourth-order valence-electron chi connectivity index (χ4n) is 4.52. The summed E-state index contributed by atoms with van der Waals surface area (Å²) < 4.78 is 5.50. The SMILES string of the molecule is COC1(C)C=CC(c2ccc3ncnc(-c4ccc(C)c(C(=O)N5CCN(C)CC5)c4)c3c2)=CN1. The zero-order valence-corrected chi connectivity index (χ0v) is 20.7. The standard InChI is InChI=1S/C28H31N5O2/c1-19-5-6-21(16-23(19)27(34)33-13-11-32(3)12-14-33)26-24-15-20(7-8-25(24)29-18-30-26)22-9-10-28(2,35-4)31-17-22/h5-10,15-18,31H,11-14H2,1-4H3. The summed E-state index contributed by atoms with van der Waals surface area (Å²) in [6.07, 6.45) is 7.62. The van der Waals surface area contributed by atoms with Gasteiger partial charge in [0.05, 0.1) is 11.2 Å². The number of amides is 1. The van der Waals surface area contributed by atoms with Crippen LogP contribution in [0.25, 0.3) is 27.7 Å². The molecule has 2 aliphatic rings. The number of rotatable bonds is 4. The highest BCUT2D eigenvalue weighted by Gasteiger charge is 2.23. The molecule has 2 aromatic carbocycles. The second-order valence-corrected chi connectivity index (χ2v) is 9.47. The largest absolute Gasteiger partial charge is 0.360 e. The number of methoxy groups -OCH3 is 1. The minimum Gasteiger partial charge on any atom is -0.360 e. The second kappa shape index (κ2) is 9.24. The molecule has 0 saturated carbocycles. The van der Waals surface area contributed by atoms with Crippen molar-refractivity contribution in [3.63, 3.8) is 0 Å². The number of fused-ring (bicyclic) bond motifs is 1. The number of piperazine rings is 1. The van der Waals surface area contributed by atoms with Gasteiger partial charge in [-0.3, -0.25) is 4.79 Å². The van der Waals surface area contributed by atoms with Crippen LogP contribution in [0.15, 0.2) is 61.1 Å². The van der Waals surface area contributed by atoms with Crippen LogP contribution in [0.1, 0.15) is 28.4 Å². The van der Waals surface area contributed by atoms with E-state index in [1.807, 2.05) is 55.3 Å². The third-order valence-corrected chi connectivity index (χ3v) is 7.02. The smallest absolute Gasteiger partial charge is 0.254 e. The van der Waals surface area contributed by atoms with Gasteiger partial charge >= 0.3 is 0 Å². The number of carbonyl (C=O) groups is 1. The van der Waals surface area contributed by atoms with E-state index < -0.39 is 5.72 Å². The fraction of sp³-hybridized carbons (Fsp3) is 0.321. The lowest BCUT2D eigenvalue weighted by molar-refractivity contribution is 0.0300. The van der Waals surface area contributed by atoms with E-state index in [-0.39, 0.29) is 5.91 Å². The molecule has 2 aliphatic heterocycles. The highest BCUT2D eigenvalue weighted by molar-refractivity contribution is 5.99. The average molecular weight is 470 g/mol. The van der Waals surface area contributed by atoms with Crippen molar-refractivity contribution in [2.75, 3.05) is 40.3 Å². The molecule has 1 unspecified atom stereocenters. The van der Waals surface area contributed by atoms with Crippen LogP contribution in [0, 0.1) is 6.92 Å². The Hall–Kier alpha value is -3.55. The number of ether oxygens (including phenoxy) is 1. The van der Waals surface area contributed by atoms with E-state index in [0.29, 0.717) is 0 Å². The van der Waals surface area contributed by atoms with Crippen LogP contribution in [0.2, 0.25) is 0 Å². The maximum Gasteiger partial charge on any atom is 0.254 e. The van der Waals surface area contributed by atoms with E-state index in [1.54, 1.807) is 13.4 Å². The zero-order chi connectivity index (χ0) is 24.6. The van der Waals surface area contributed by atoms with Crippen LogP contribution < -0.4 is 5.32 Å². The Morgan fingerprint density at radius 1 is 1.06 bits per heavy atom. The molecule has 3 aromatic rings. The molecule has 1 N–H and O–H groups in total. The molecule has 5 rings (SSSR count). The van der Waals surface area contributed by atoms with Crippen molar-refractivity contribution < 1.29 is 9.53 Å². The summed E-state index contributed by atoms with van der Waals surface area (Å²) in [5.74, 6) is 0.0845. The molecular weight excluding hydrogens is 438 g/mol. The van der Waals surface area contributed by atoms with Gasteiger partial charge in [0.15, 0.2) is 5.72 Å². The first-order valence-corrected chi connectivity index (χ1v) is 11.9. The molecule has 0 aliphatic carbocycles. The minimum atomic E-state index is -0.511. The monoisotopic (exact) mass is 469 g/mol. The maximum atomic E-state index is 13.4. The molecule has 7 heteroatoms. The molecular formula is C28H31N5O2. The minimum absolute atomic E-state index is 0.0845. The molecule has 1 saturated heterocycles. The number of hydrogen-bond donors (Lipinski definition) is 1. The Balaban J connectivity index is 1.51. The van der Waals surface area contributed by atoms with Crippen molar-refractivity contribution in [3.8, 4) is 11.3 Å². The van der Waals surface area contributed by atoms with Crippen molar-refractivity contribution in [1.29, 1.82) is 0 Å². The van der Waals surface area contributed by atoms with Crippen LogP contribution in [-0.2, 0) is 4.74 Å². The summed E-state index contributed by atoms with van der Waals surface area (Å²) in [7, 11) is 3.77. The van der Waals surface area contributed by atoms with E-state index in [1.165, 1.54) is 0 Å². The molecule has 0 spiro atoms. The van der Waals surface area contributed by atoms with E-state index in [0.717, 1.165) is 70.6 Å². The Morgan fingerprint density at radius 3 is 2.54 bits per heavy atom. The van der Waals surface area contributed by atoms with Crippen molar-refractivity contribution in [2.45, 2.75) is 19.6 Å². The summed E-state index contributed by atoms with van der Waals surface area (Å²) in [6.45, 7) is 7.25. The summed E-state index contributed by atoms with van der Waals surface area (Å²) in [5, 5.41) is 4.25. The number of dihydropyridines is 1. The third kappa shape index (κ3) is 4.57. The number of nitrogens with one attached hydrogen (secondary N) is 1. The van der Waals surface area contributed by atoms with Gasteiger partial charge in [-0.15, -0.1) is 0 Å². The molecule has 35 heavy (non-hydrogen) atoms. The number of benzene rings is 2. The number of carbonyl (C=O) groups excluding carboxylic acids is 1. The van der Waals surface area contributed by atoms with Gasteiger partial charge in [-0.05, 0) is 61.9 Å². The molecule has 0 bridgehead atoms. The highest BCUT2D eigenvalue weighted by Crippen LogP contribution is 2.31. The van der Waals surface area contributed by atoms with Crippen LogP contribution >= 0.6 is 0 Å². The van der Waals surface area contributed by atoms with Crippen LogP contribution in [0.3, 0.4) is 0 Å². The summed E-state index contributed by atoms with van der Waals surface area (Å²) >= 11 is 0. The van der Waals surface area contributed by atoms with Gasteiger partial charge in [-0.25, -0.2) is 9.97 Å². The number of allylic oxidation sites excluding steroid dienone is 2. The van der Waals surface area contributed by atoms with Gasteiger partial charge < -0.3 is 19.9 Å². The average Bonchev–Trinajstić information content (AvgIpc) is 2.89. The molecule has 1 aromatic heterocycles. The topological polar surface area (TPSA) is 70.6 Å². The summed E-state index contributed by atoms with van der Waals surface area (Å²) in [6, 6.07) is 12.2. The van der Waals surface area contributed by atoms with Crippen molar-refractivity contribution >= 4 is 22.4 Å². The normalized spacial score (nSPS) is 20.6. The molecule has 7 nitrogen and oxygen atoms in total. The molecule has 1 fully saturated rings. The second-order valence-electron chi connectivity index (χ2n) is 9.47. The van der Waals surface area contributed by atoms with Crippen molar-refractivity contribution in [1.82, 2.24) is 25.1 Å². The predicted molar refractivity (Wildman–Crippen MR) is 139 cm³/mol. The third-order valence-electron chi connectivity index (χ3n) is 7.02. The lowest BCUT2D eigenvalue weighted by atomic mass is 9.96. The Morgan fingerprint density at radius 2 is 1.83 bits per heavy atom. The quantitative estimate of drug-likeness (QED) is 0.626. The first kappa shape index (κ1) is 23.2. The number of nitrogens with zero attached hydrogens (tertiary/aromatic N) is 4. The summed E-state index contributed by atoms with van der Waals surface area (Å²) in [5.41, 5.74) is 5.89.